The first-order chi connectivity index (χ1) is 15.4. The molecule has 6 nitrogen and oxygen atoms in total. The second kappa shape index (κ2) is 9.04. The summed E-state index contributed by atoms with van der Waals surface area (Å²) in [5.41, 5.74) is 0.804. The number of nitrogens with zero attached hydrogens (tertiary/aromatic N) is 1. The zero-order chi connectivity index (χ0) is 23.0. The number of aliphatic hydroxyl groups excluding tert-OH is 1. The van der Waals surface area contributed by atoms with Crippen LogP contribution in [0.25, 0.3) is 5.76 Å². The second-order valence-electron chi connectivity index (χ2n) is 7.89. The fourth-order valence-corrected chi connectivity index (χ4v) is 5.21. The number of carbonyl (C=O) groups is 2. The van der Waals surface area contributed by atoms with Crippen LogP contribution in [0.4, 0.5) is 0 Å². The lowest BCUT2D eigenvalue weighted by molar-refractivity contribution is -0.141. The van der Waals surface area contributed by atoms with Crippen molar-refractivity contribution in [3.8, 4) is 11.5 Å². The average molecular weight is 476 g/mol. The molecule has 32 heavy (non-hydrogen) atoms. The van der Waals surface area contributed by atoms with Crippen LogP contribution < -0.4 is 9.47 Å². The van der Waals surface area contributed by atoms with Gasteiger partial charge in [-0.15, -0.1) is 0 Å². The highest BCUT2D eigenvalue weighted by atomic mass is 35.5. The van der Waals surface area contributed by atoms with E-state index >= 15 is 0 Å². The van der Waals surface area contributed by atoms with Crippen molar-refractivity contribution in [2.75, 3.05) is 14.2 Å². The van der Waals surface area contributed by atoms with Crippen molar-refractivity contribution in [3.05, 3.63) is 63.1 Å². The van der Waals surface area contributed by atoms with E-state index in [-0.39, 0.29) is 38.7 Å². The summed E-state index contributed by atoms with van der Waals surface area (Å²) >= 11 is 12.4. The molecule has 1 heterocycles. The molecule has 1 saturated carbocycles. The van der Waals surface area contributed by atoms with Gasteiger partial charge in [0.15, 0.2) is 0 Å². The summed E-state index contributed by atoms with van der Waals surface area (Å²) in [5.74, 6) is -0.996. The van der Waals surface area contributed by atoms with Crippen LogP contribution >= 0.6 is 23.2 Å². The molecule has 1 aliphatic carbocycles. The standard InChI is InChI=1S/C24H23Cl2NO5/c1-31-16-9-5-6-13(10-16)20-19(22(29)24(30)27(20)15-7-3-4-8-15)21(28)17-11-14(25)12-18(26)23(17)32-2/h5-6,9-12,15,20,28H,3-4,7-8H2,1-2H3/b21-19+. The molecular formula is C24H23Cl2NO5. The molecule has 1 aliphatic heterocycles. The van der Waals surface area contributed by atoms with Crippen molar-refractivity contribution in [3.63, 3.8) is 0 Å². The number of methoxy groups -OCH3 is 2. The third-order valence-electron chi connectivity index (χ3n) is 6.08. The number of benzene rings is 2. The molecular weight excluding hydrogens is 453 g/mol. The van der Waals surface area contributed by atoms with Crippen molar-refractivity contribution < 1.29 is 24.2 Å². The van der Waals surface area contributed by atoms with E-state index < -0.39 is 17.7 Å². The summed E-state index contributed by atoms with van der Waals surface area (Å²) in [6.45, 7) is 0. The summed E-state index contributed by atoms with van der Waals surface area (Å²) < 4.78 is 10.7. The van der Waals surface area contributed by atoms with E-state index in [2.05, 4.69) is 0 Å². The summed E-state index contributed by atoms with van der Waals surface area (Å²) in [6, 6.07) is 9.26. The highest BCUT2D eigenvalue weighted by Gasteiger charge is 2.49. The molecule has 4 rings (SSSR count). The van der Waals surface area contributed by atoms with Crippen LogP contribution in [0.5, 0.6) is 11.5 Å². The van der Waals surface area contributed by atoms with Gasteiger partial charge >= 0.3 is 0 Å². The van der Waals surface area contributed by atoms with Gasteiger partial charge in [-0.2, -0.15) is 0 Å². The van der Waals surface area contributed by atoms with Crippen LogP contribution in [0.2, 0.25) is 10.0 Å². The number of hydrogen-bond donors (Lipinski definition) is 1. The van der Waals surface area contributed by atoms with Crippen LogP contribution in [-0.2, 0) is 9.59 Å². The number of amides is 1. The Labute approximate surface area is 196 Å². The molecule has 2 aliphatic rings. The van der Waals surface area contributed by atoms with Gasteiger partial charge in [0.25, 0.3) is 11.7 Å². The zero-order valence-electron chi connectivity index (χ0n) is 17.7. The van der Waals surface area contributed by atoms with E-state index in [9.17, 15) is 14.7 Å². The number of rotatable bonds is 5. The third-order valence-corrected chi connectivity index (χ3v) is 6.57. The van der Waals surface area contributed by atoms with Gasteiger partial charge in [-0.25, -0.2) is 0 Å². The SMILES string of the molecule is COc1cccc(C2/C(=C(\O)c3cc(Cl)cc(Cl)c3OC)C(=O)C(=O)N2C2CCCC2)c1. The number of likely N-dealkylation sites (tertiary alicyclic amines) is 1. The van der Waals surface area contributed by atoms with Crippen LogP contribution in [0.3, 0.4) is 0 Å². The number of ketones is 1. The lowest BCUT2D eigenvalue weighted by atomic mass is 9.94. The molecule has 8 heteroatoms. The van der Waals surface area contributed by atoms with Gasteiger partial charge in [0.2, 0.25) is 0 Å². The number of hydrogen-bond acceptors (Lipinski definition) is 5. The predicted molar refractivity (Wildman–Crippen MR) is 122 cm³/mol. The van der Waals surface area contributed by atoms with Gasteiger partial charge in [-0.05, 0) is 42.7 Å². The molecule has 2 aromatic carbocycles. The molecule has 168 valence electrons. The van der Waals surface area contributed by atoms with Gasteiger partial charge in [0.05, 0.1) is 36.4 Å². The summed E-state index contributed by atoms with van der Waals surface area (Å²) in [4.78, 5) is 28.0. The molecule has 0 radical (unpaired) electrons. The van der Waals surface area contributed by atoms with Gasteiger partial charge in [-0.1, -0.05) is 48.2 Å². The Morgan fingerprint density at radius 2 is 1.78 bits per heavy atom. The Morgan fingerprint density at radius 3 is 2.44 bits per heavy atom. The average Bonchev–Trinajstić information content (AvgIpc) is 3.39. The fraction of sp³-hybridized carbons (Fsp3) is 0.333. The predicted octanol–water partition coefficient (Wildman–Crippen LogP) is 5.37. The van der Waals surface area contributed by atoms with Crippen LogP contribution in [0.1, 0.15) is 42.9 Å². The topological polar surface area (TPSA) is 76.1 Å². The lowest BCUT2D eigenvalue weighted by Crippen LogP contribution is -2.37. The molecule has 1 unspecified atom stereocenters. The second-order valence-corrected chi connectivity index (χ2v) is 8.73. The molecule has 0 bridgehead atoms. The van der Waals surface area contributed by atoms with E-state index in [1.165, 1.54) is 19.2 Å². The first-order valence-electron chi connectivity index (χ1n) is 10.3. The van der Waals surface area contributed by atoms with E-state index in [1.54, 1.807) is 30.2 Å². The maximum atomic E-state index is 13.2. The zero-order valence-corrected chi connectivity index (χ0v) is 19.2. The molecule has 2 aromatic rings. The molecule has 2 fully saturated rings. The van der Waals surface area contributed by atoms with Gasteiger partial charge in [0, 0.05) is 11.1 Å². The maximum Gasteiger partial charge on any atom is 0.295 e. The highest BCUT2D eigenvalue weighted by Crippen LogP contribution is 2.46. The minimum absolute atomic E-state index is 0.0215. The molecule has 1 N–H and O–H groups in total. The van der Waals surface area contributed by atoms with Crippen molar-refractivity contribution >= 4 is 40.7 Å². The summed E-state index contributed by atoms with van der Waals surface area (Å²) in [7, 11) is 2.95. The fourth-order valence-electron chi connectivity index (χ4n) is 4.64. The summed E-state index contributed by atoms with van der Waals surface area (Å²) in [5, 5.41) is 11.8. The van der Waals surface area contributed by atoms with Gasteiger partial charge < -0.3 is 19.5 Å². The van der Waals surface area contributed by atoms with E-state index in [4.69, 9.17) is 32.7 Å². The Morgan fingerprint density at radius 1 is 1.06 bits per heavy atom. The van der Waals surface area contributed by atoms with Crippen LogP contribution in [0, 0.1) is 0 Å². The van der Waals surface area contributed by atoms with Crippen molar-refractivity contribution in [2.24, 2.45) is 0 Å². The number of ether oxygens (including phenoxy) is 2. The van der Waals surface area contributed by atoms with Crippen LogP contribution in [-0.4, -0.2) is 42.0 Å². The largest absolute Gasteiger partial charge is 0.507 e. The van der Waals surface area contributed by atoms with Crippen molar-refractivity contribution in [1.29, 1.82) is 0 Å². The number of halogens is 2. The first-order valence-corrected chi connectivity index (χ1v) is 11.1. The molecule has 0 spiro atoms. The maximum absolute atomic E-state index is 13.2. The summed E-state index contributed by atoms with van der Waals surface area (Å²) in [6.07, 6.45) is 3.58. The quantitative estimate of drug-likeness (QED) is 0.357. The van der Waals surface area contributed by atoms with Crippen LogP contribution in [0.15, 0.2) is 42.0 Å². The number of carbonyl (C=O) groups excluding carboxylic acids is 2. The van der Waals surface area contributed by atoms with E-state index in [1.807, 2.05) is 6.07 Å². The molecule has 1 saturated heterocycles. The van der Waals surface area contributed by atoms with E-state index in [0.29, 0.717) is 11.3 Å². The Hall–Kier alpha value is -2.70. The molecule has 0 aromatic heterocycles. The minimum Gasteiger partial charge on any atom is -0.507 e. The Kier molecular flexibility index (Phi) is 6.35. The number of aliphatic hydroxyl groups is 1. The Balaban J connectivity index is 1.96. The van der Waals surface area contributed by atoms with Gasteiger partial charge in [0.1, 0.15) is 17.3 Å². The smallest absolute Gasteiger partial charge is 0.295 e. The number of Topliss-reactive ketones (excluding diaryl/α,β-unsaturated/α-hetero) is 1. The lowest BCUT2D eigenvalue weighted by Gasteiger charge is -2.31. The van der Waals surface area contributed by atoms with Crippen molar-refractivity contribution in [1.82, 2.24) is 4.90 Å². The minimum atomic E-state index is -0.768. The molecule has 1 atom stereocenters. The van der Waals surface area contributed by atoms with Gasteiger partial charge in [-0.3, -0.25) is 9.59 Å². The normalized spacial score (nSPS) is 20.8. The Bertz CT molecular complexity index is 1110. The monoisotopic (exact) mass is 475 g/mol. The molecule has 1 amide bonds. The van der Waals surface area contributed by atoms with E-state index in [0.717, 1.165) is 25.7 Å². The van der Waals surface area contributed by atoms with Crippen molar-refractivity contribution in [2.45, 2.75) is 37.8 Å². The highest BCUT2D eigenvalue weighted by molar-refractivity contribution is 6.47. The first kappa shape index (κ1) is 22.5. The third kappa shape index (κ3) is 3.82.